The van der Waals surface area contributed by atoms with Crippen LogP contribution in [0, 0.1) is 13.8 Å². The molecule has 4 heterocycles. The zero-order valence-corrected chi connectivity index (χ0v) is 18.4. The Balaban J connectivity index is 1.76. The highest BCUT2D eigenvalue weighted by molar-refractivity contribution is 5.41. The van der Waals surface area contributed by atoms with Gasteiger partial charge in [0.2, 0.25) is 0 Å². The number of hydrogen-bond donors (Lipinski definition) is 2. The molecule has 0 saturated carbocycles. The highest BCUT2D eigenvalue weighted by atomic mass is 16.3. The standard InChI is InChI=1S/C25H24N4O4/c1-16-11-22(30)20(24(32)28(16)14-18-7-3-5-9-26-18)13-21-23(31)12-17(2)29(25(21)33)15-19-8-4-6-10-27-19/h3-12,30-31H,13-15H2,1-2H3. The molecule has 0 aliphatic carbocycles. The van der Waals surface area contributed by atoms with Crippen molar-refractivity contribution in [2.75, 3.05) is 0 Å². The van der Waals surface area contributed by atoms with Crippen LogP contribution in [0.3, 0.4) is 0 Å². The van der Waals surface area contributed by atoms with E-state index < -0.39 is 11.1 Å². The maximum Gasteiger partial charge on any atom is 0.258 e. The van der Waals surface area contributed by atoms with Crippen molar-refractivity contribution in [3.8, 4) is 11.5 Å². The Morgan fingerprint density at radius 2 is 1.15 bits per heavy atom. The summed E-state index contributed by atoms with van der Waals surface area (Å²) in [5, 5.41) is 21.1. The molecule has 0 saturated heterocycles. The fourth-order valence-corrected chi connectivity index (χ4v) is 3.80. The molecule has 0 unspecified atom stereocenters. The van der Waals surface area contributed by atoms with Gasteiger partial charge in [-0.3, -0.25) is 19.6 Å². The number of aromatic hydroxyl groups is 2. The molecule has 8 heteroatoms. The SMILES string of the molecule is Cc1cc(O)c(Cc2c(O)cc(C)n(Cc3ccccn3)c2=O)c(=O)n1Cc1ccccn1. The Labute approximate surface area is 190 Å². The fourth-order valence-electron chi connectivity index (χ4n) is 3.80. The van der Waals surface area contributed by atoms with Crippen LogP contribution in [-0.4, -0.2) is 29.3 Å². The van der Waals surface area contributed by atoms with E-state index in [9.17, 15) is 19.8 Å². The maximum atomic E-state index is 13.3. The van der Waals surface area contributed by atoms with Crippen LogP contribution >= 0.6 is 0 Å². The van der Waals surface area contributed by atoms with Gasteiger partial charge in [0.15, 0.2) is 0 Å². The Hall–Kier alpha value is -4.20. The molecule has 0 atom stereocenters. The summed E-state index contributed by atoms with van der Waals surface area (Å²) in [7, 11) is 0. The highest BCUT2D eigenvalue weighted by Crippen LogP contribution is 2.23. The predicted molar refractivity (Wildman–Crippen MR) is 124 cm³/mol. The lowest BCUT2D eigenvalue weighted by atomic mass is 10.0. The summed E-state index contributed by atoms with van der Waals surface area (Å²) in [5.74, 6) is -0.434. The van der Waals surface area contributed by atoms with Crippen LogP contribution in [0.5, 0.6) is 11.5 Å². The number of rotatable bonds is 6. The van der Waals surface area contributed by atoms with Gasteiger partial charge in [0.25, 0.3) is 11.1 Å². The first-order chi connectivity index (χ1) is 15.8. The van der Waals surface area contributed by atoms with E-state index in [0.717, 1.165) is 0 Å². The lowest BCUT2D eigenvalue weighted by Gasteiger charge is -2.16. The monoisotopic (exact) mass is 444 g/mol. The van der Waals surface area contributed by atoms with E-state index in [-0.39, 0.29) is 42.1 Å². The minimum atomic E-state index is -0.436. The molecular weight excluding hydrogens is 420 g/mol. The van der Waals surface area contributed by atoms with Gasteiger partial charge in [0.1, 0.15) is 11.5 Å². The predicted octanol–water partition coefficient (Wildman–Crippen LogP) is 2.52. The summed E-state index contributed by atoms with van der Waals surface area (Å²) in [6, 6.07) is 13.8. The number of aryl methyl sites for hydroxylation is 2. The van der Waals surface area contributed by atoms with Crippen LogP contribution in [0.25, 0.3) is 0 Å². The molecule has 0 radical (unpaired) electrons. The number of hydrogen-bond acceptors (Lipinski definition) is 6. The lowest BCUT2D eigenvalue weighted by Crippen LogP contribution is -2.30. The van der Waals surface area contributed by atoms with Gasteiger partial charge in [-0.05, 0) is 50.2 Å². The van der Waals surface area contributed by atoms with Crippen LogP contribution < -0.4 is 11.1 Å². The Morgan fingerprint density at radius 1 is 0.727 bits per heavy atom. The van der Waals surface area contributed by atoms with E-state index in [2.05, 4.69) is 9.97 Å². The summed E-state index contributed by atoms with van der Waals surface area (Å²) < 4.78 is 2.99. The first-order valence-corrected chi connectivity index (χ1v) is 10.5. The van der Waals surface area contributed by atoms with Crippen molar-refractivity contribution in [3.63, 3.8) is 0 Å². The molecule has 168 valence electrons. The topological polar surface area (TPSA) is 110 Å². The average Bonchev–Trinajstić information content (AvgIpc) is 2.80. The molecule has 0 bridgehead atoms. The van der Waals surface area contributed by atoms with Gasteiger partial charge >= 0.3 is 0 Å². The Kier molecular flexibility index (Phi) is 6.08. The van der Waals surface area contributed by atoms with Crippen LogP contribution in [0.4, 0.5) is 0 Å². The summed E-state index contributed by atoms with van der Waals surface area (Å²) in [6.45, 7) is 3.89. The molecular formula is C25H24N4O4. The smallest absolute Gasteiger partial charge is 0.258 e. The zero-order valence-electron chi connectivity index (χ0n) is 18.4. The first kappa shape index (κ1) is 22.0. The van der Waals surface area contributed by atoms with Crippen molar-refractivity contribution in [1.82, 2.24) is 19.1 Å². The van der Waals surface area contributed by atoms with Crippen LogP contribution in [0.1, 0.15) is 33.9 Å². The second-order valence-electron chi connectivity index (χ2n) is 7.90. The van der Waals surface area contributed by atoms with Crippen molar-refractivity contribution >= 4 is 0 Å². The molecule has 4 rings (SSSR count). The van der Waals surface area contributed by atoms with Crippen molar-refractivity contribution in [1.29, 1.82) is 0 Å². The van der Waals surface area contributed by atoms with E-state index in [4.69, 9.17) is 0 Å². The van der Waals surface area contributed by atoms with Crippen LogP contribution in [0.15, 0.2) is 70.5 Å². The molecule has 4 aromatic heterocycles. The molecule has 0 aromatic carbocycles. The van der Waals surface area contributed by atoms with Gasteiger partial charge in [-0.1, -0.05) is 12.1 Å². The molecule has 0 amide bonds. The molecule has 0 aliphatic rings. The third-order valence-corrected chi connectivity index (χ3v) is 5.61. The summed E-state index contributed by atoms with van der Waals surface area (Å²) >= 11 is 0. The number of nitrogens with zero attached hydrogens (tertiary/aromatic N) is 4. The van der Waals surface area contributed by atoms with Crippen molar-refractivity contribution in [3.05, 3.63) is 116 Å². The summed E-state index contributed by atoms with van der Waals surface area (Å²) in [5.41, 5.74) is 1.71. The molecule has 33 heavy (non-hydrogen) atoms. The molecule has 8 nitrogen and oxygen atoms in total. The van der Waals surface area contributed by atoms with E-state index in [1.807, 2.05) is 12.1 Å². The van der Waals surface area contributed by atoms with Crippen molar-refractivity contribution in [2.45, 2.75) is 33.4 Å². The number of pyridine rings is 4. The van der Waals surface area contributed by atoms with Gasteiger partial charge < -0.3 is 19.3 Å². The largest absolute Gasteiger partial charge is 0.507 e. The summed E-state index contributed by atoms with van der Waals surface area (Å²) in [6.07, 6.45) is 3.08. The minimum Gasteiger partial charge on any atom is -0.507 e. The van der Waals surface area contributed by atoms with Crippen LogP contribution in [-0.2, 0) is 19.5 Å². The Morgan fingerprint density at radius 3 is 1.52 bits per heavy atom. The van der Waals surface area contributed by atoms with E-state index in [0.29, 0.717) is 22.8 Å². The van der Waals surface area contributed by atoms with Crippen LogP contribution in [0.2, 0.25) is 0 Å². The molecule has 0 aliphatic heterocycles. The van der Waals surface area contributed by atoms with Gasteiger partial charge in [0.05, 0.1) is 35.6 Å². The summed E-state index contributed by atoms with van der Waals surface area (Å²) in [4.78, 5) is 35.0. The lowest BCUT2D eigenvalue weighted by molar-refractivity contribution is 0.455. The van der Waals surface area contributed by atoms with Gasteiger partial charge in [-0.2, -0.15) is 0 Å². The second kappa shape index (κ2) is 9.12. The van der Waals surface area contributed by atoms with Gasteiger partial charge in [-0.15, -0.1) is 0 Å². The molecule has 0 spiro atoms. The van der Waals surface area contributed by atoms with Crippen molar-refractivity contribution < 1.29 is 10.2 Å². The normalized spacial score (nSPS) is 11.0. The third-order valence-electron chi connectivity index (χ3n) is 5.61. The quantitative estimate of drug-likeness (QED) is 0.473. The van der Waals surface area contributed by atoms with Crippen molar-refractivity contribution in [2.24, 2.45) is 0 Å². The second-order valence-corrected chi connectivity index (χ2v) is 7.90. The number of aromatic nitrogens is 4. The average molecular weight is 444 g/mol. The van der Waals surface area contributed by atoms with E-state index >= 15 is 0 Å². The fraction of sp³-hybridized carbons (Fsp3) is 0.200. The molecule has 4 aromatic rings. The Bertz CT molecular complexity index is 1300. The third kappa shape index (κ3) is 4.55. The minimum absolute atomic E-state index is 0.0390. The van der Waals surface area contributed by atoms with E-state index in [1.54, 1.807) is 50.5 Å². The highest BCUT2D eigenvalue weighted by Gasteiger charge is 2.19. The van der Waals surface area contributed by atoms with Gasteiger partial charge in [-0.25, -0.2) is 0 Å². The first-order valence-electron chi connectivity index (χ1n) is 10.5. The van der Waals surface area contributed by atoms with E-state index in [1.165, 1.54) is 21.3 Å². The maximum absolute atomic E-state index is 13.3. The molecule has 2 N–H and O–H groups in total. The zero-order chi connectivity index (χ0) is 23.5. The molecule has 0 fully saturated rings. The van der Waals surface area contributed by atoms with Gasteiger partial charge in [0, 0.05) is 30.2 Å².